The maximum Gasteiger partial charge on any atom is 0.308 e. The Morgan fingerprint density at radius 2 is 2.18 bits per heavy atom. The van der Waals surface area contributed by atoms with Crippen molar-refractivity contribution in [3.8, 4) is 0 Å². The fourth-order valence-corrected chi connectivity index (χ4v) is 2.13. The van der Waals surface area contributed by atoms with Crippen LogP contribution in [0.4, 0.5) is 0 Å². The number of aromatic nitrogens is 3. The highest BCUT2D eigenvalue weighted by Gasteiger charge is 2.20. The van der Waals surface area contributed by atoms with Gasteiger partial charge in [-0.05, 0) is 18.9 Å². The van der Waals surface area contributed by atoms with E-state index < -0.39 is 17.8 Å². The summed E-state index contributed by atoms with van der Waals surface area (Å²) < 4.78 is 1.41. The van der Waals surface area contributed by atoms with Gasteiger partial charge in [-0.1, -0.05) is 35.0 Å². The molecule has 1 heterocycles. The molecule has 1 aromatic heterocycles. The van der Waals surface area contributed by atoms with Crippen molar-refractivity contribution in [3.63, 3.8) is 0 Å². The predicted molar refractivity (Wildman–Crippen MR) is 79.3 cm³/mol. The Morgan fingerprint density at radius 3 is 2.77 bits per heavy atom. The summed E-state index contributed by atoms with van der Waals surface area (Å²) in [5.74, 6) is -2.06. The molecule has 0 bridgehead atoms. The zero-order valence-corrected chi connectivity index (χ0v) is 12.5. The number of hydrogen-bond acceptors (Lipinski definition) is 4. The number of rotatable bonds is 6. The van der Waals surface area contributed by atoms with E-state index in [-0.39, 0.29) is 12.2 Å². The third-order valence-corrected chi connectivity index (χ3v) is 3.26. The highest BCUT2D eigenvalue weighted by Crippen LogP contribution is 2.11. The fourth-order valence-electron chi connectivity index (χ4n) is 2.13. The van der Waals surface area contributed by atoms with Crippen molar-refractivity contribution in [2.75, 3.05) is 6.54 Å². The Morgan fingerprint density at radius 1 is 1.41 bits per heavy atom. The minimum atomic E-state index is -0.944. The van der Waals surface area contributed by atoms with E-state index in [1.54, 1.807) is 7.05 Å². The van der Waals surface area contributed by atoms with E-state index in [4.69, 9.17) is 0 Å². The lowest BCUT2D eigenvalue weighted by atomic mass is 9.98. The van der Waals surface area contributed by atoms with Gasteiger partial charge in [-0.2, -0.15) is 0 Å². The molecule has 1 amide bonds. The summed E-state index contributed by atoms with van der Waals surface area (Å²) in [5, 5.41) is 19.3. The van der Waals surface area contributed by atoms with Crippen molar-refractivity contribution in [1.82, 2.24) is 20.3 Å². The van der Waals surface area contributed by atoms with Gasteiger partial charge in [0.1, 0.15) is 0 Å². The van der Waals surface area contributed by atoms with Crippen molar-refractivity contribution < 1.29 is 14.7 Å². The minimum Gasteiger partial charge on any atom is -0.481 e. The molecule has 0 aliphatic carbocycles. The fraction of sp³-hybridized carbons (Fsp3) is 0.333. The Balaban J connectivity index is 1.97. The number of carboxylic acid groups (broad SMARTS) is 1. The lowest BCUT2D eigenvalue weighted by Gasteiger charge is -2.13. The molecule has 0 fully saturated rings. The molecule has 2 rings (SSSR count). The summed E-state index contributed by atoms with van der Waals surface area (Å²) >= 11 is 0. The number of benzene rings is 1. The topological polar surface area (TPSA) is 97.1 Å². The maximum absolute atomic E-state index is 11.9. The van der Waals surface area contributed by atoms with Crippen molar-refractivity contribution in [1.29, 1.82) is 0 Å². The molecule has 0 saturated carbocycles. The molecule has 1 atom stereocenters. The van der Waals surface area contributed by atoms with Gasteiger partial charge in [-0.15, -0.1) is 5.10 Å². The highest BCUT2D eigenvalue weighted by atomic mass is 16.4. The molecule has 116 valence electrons. The number of aliphatic carboxylic acids is 1. The minimum absolute atomic E-state index is 0.0404. The van der Waals surface area contributed by atoms with E-state index in [1.807, 2.05) is 31.2 Å². The number of carbonyl (C=O) groups is 2. The second kappa shape index (κ2) is 6.84. The average Bonchev–Trinajstić information content (AvgIpc) is 2.89. The van der Waals surface area contributed by atoms with Crippen LogP contribution in [0, 0.1) is 12.8 Å². The monoisotopic (exact) mass is 302 g/mol. The van der Waals surface area contributed by atoms with Gasteiger partial charge < -0.3 is 10.4 Å². The van der Waals surface area contributed by atoms with Gasteiger partial charge >= 0.3 is 5.97 Å². The smallest absolute Gasteiger partial charge is 0.308 e. The van der Waals surface area contributed by atoms with Gasteiger partial charge in [-0.3, -0.25) is 14.3 Å². The van der Waals surface area contributed by atoms with E-state index in [9.17, 15) is 14.7 Å². The summed E-state index contributed by atoms with van der Waals surface area (Å²) in [6, 6.07) is 7.67. The average molecular weight is 302 g/mol. The third kappa shape index (κ3) is 4.15. The van der Waals surface area contributed by atoms with Crippen LogP contribution in [-0.4, -0.2) is 38.5 Å². The molecule has 0 saturated heterocycles. The van der Waals surface area contributed by atoms with Gasteiger partial charge in [0, 0.05) is 13.6 Å². The quantitative estimate of drug-likeness (QED) is 0.822. The molecule has 7 nitrogen and oxygen atoms in total. The number of carbonyl (C=O) groups excluding carboxylic acids is 1. The Hall–Kier alpha value is -2.70. The van der Waals surface area contributed by atoms with E-state index in [2.05, 4.69) is 15.6 Å². The summed E-state index contributed by atoms with van der Waals surface area (Å²) in [5.41, 5.74) is 2.17. The van der Waals surface area contributed by atoms with Gasteiger partial charge in [0.2, 0.25) is 0 Å². The summed E-state index contributed by atoms with van der Waals surface area (Å²) in [6.45, 7) is 1.99. The first-order valence-electron chi connectivity index (χ1n) is 6.88. The summed E-state index contributed by atoms with van der Waals surface area (Å²) in [7, 11) is 1.65. The van der Waals surface area contributed by atoms with Gasteiger partial charge in [0.25, 0.3) is 5.91 Å². The molecule has 0 aliphatic rings. The molecular weight excluding hydrogens is 284 g/mol. The van der Waals surface area contributed by atoms with Crippen LogP contribution in [0.1, 0.15) is 21.6 Å². The summed E-state index contributed by atoms with van der Waals surface area (Å²) in [6.07, 6.45) is 1.84. The second-order valence-corrected chi connectivity index (χ2v) is 5.22. The van der Waals surface area contributed by atoms with E-state index in [1.165, 1.54) is 10.9 Å². The predicted octanol–water partition coefficient (Wildman–Crippen LogP) is 0.797. The molecule has 7 heteroatoms. The van der Waals surface area contributed by atoms with E-state index >= 15 is 0 Å². The first-order valence-corrected chi connectivity index (χ1v) is 6.88. The standard InChI is InChI=1S/C15H18N4O3/c1-10-4-3-5-11(6-10)7-12(15(21)22)8-16-14(20)13-9-19(2)18-17-13/h3-6,9,12H,7-8H2,1-2H3,(H,16,20)(H,21,22). The third-order valence-electron chi connectivity index (χ3n) is 3.26. The number of amides is 1. The van der Waals surface area contributed by atoms with E-state index in [0.29, 0.717) is 6.42 Å². The first kappa shape index (κ1) is 15.7. The normalized spacial score (nSPS) is 11.9. The number of aryl methyl sites for hydroxylation is 2. The Kier molecular flexibility index (Phi) is 4.88. The summed E-state index contributed by atoms with van der Waals surface area (Å²) in [4.78, 5) is 23.2. The van der Waals surface area contributed by atoms with E-state index in [0.717, 1.165) is 11.1 Å². The molecule has 2 N–H and O–H groups in total. The van der Waals surface area contributed by atoms with Gasteiger partial charge in [0.15, 0.2) is 5.69 Å². The first-order chi connectivity index (χ1) is 10.5. The number of carboxylic acids is 1. The Bertz CT molecular complexity index is 681. The zero-order chi connectivity index (χ0) is 16.1. The lowest BCUT2D eigenvalue weighted by Crippen LogP contribution is -2.34. The maximum atomic E-state index is 11.9. The van der Waals surface area contributed by atoms with Crippen LogP contribution in [0.3, 0.4) is 0 Å². The Labute approximate surface area is 128 Å². The largest absolute Gasteiger partial charge is 0.481 e. The molecule has 2 aromatic rings. The second-order valence-electron chi connectivity index (χ2n) is 5.22. The zero-order valence-electron chi connectivity index (χ0n) is 12.5. The van der Waals surface area contributed by atoms with Gasteiger partial charge in [0.05, 0.1) is 12.1 Å². The lowest BCUT2D eigenvalue weighted by molar-refractivity contribution is -0.141. The van der Waals surface area contributed by atoms with Crippen molar-refractivity contribution in [2.24, 2.45) is 13.0 Å². The van der Waals surface area contributed by atoms with Crippen molar-refractivity contribution in [3.05, 3.63) is 47.3 Å². The molecule has 0 spiro atoms. The van der Waals surface area contributed by atoms with Crippen LogP contribution in [0.2, 0.25) is 0 Å². The van der Waals surface area contributed by atoms with Crippen LogP contribution in [0.5, 0.6) is 0 Å². The van der Waals surface area contributed by atoms with Crippen molar-refractivity contribution in [2.45, 2.75) is 13.3 Å². The number of hydrogen-bond donors (Lipinski definition) is 2. The van der Waals surface area contributed by atoms with Crippen LogP contribution >= 0.6 is 0 Å². The molecule has 0 aliphatic heterocycles. The van der Waals surface area contributed by atoms with Gasteiger partial charge in [-0.25, -0.2) is 0 Å². The van der Waals surface area contributed by atoms with Crippen LogP contribution in [-0.2, 0) is 18.3 Å². The van der Waals surface area contributed by atoms with Crippen LogP contribution in [0.15, 0.2) is 30.5 Å². The highest BCUT2D eigenvalue weighted by molar-refractivity contribution is 5.92. The number of nitrogens with zero attached hydrogens (tertiary/aromatic N) is 3. The SMILES string of the molecule is Cc1cccc(CC(CNC(=O)c2cn(C)nn2)C(=O)O)c1. The van der Waals surface area contributed by atoms with Crippen LogP contribution in [0.25, 0.3) is 0 Å². The van der Waals surface area contributed by atoms with Crippen molar-refractivity contribution >= 4 is 11.9 Å². The molecule has 0 radical (unpaired) electrons. The number of nitrogens with one attached hydrogen (secondary N) is 1. The molecular formula is C15H18N4O3. The molecule has 1 aromatic carbocycles. The molecule has 1 unspecified atom stereocenters. The van der Waals surface area contributed by atoms with Crippen LogP contribution < -0.4 is 5.32 Å². The molecule has 22 heavy (non-hydrogen) atoms.